The number of nitrogens with zero attached hydrogens (tertiary/aromatic N) is 2. The van der Waals surface area contributed by atoms with Gasteiger partial charge < -0.3 is 10.2 Å². The molecule has 208 valence electrons. The molecule has 0 radical (unpaired) electrons. The molecule has 0 bridgehead atoms. The number of carbonyl (C=O) groups is 3. The number of amides is 3. The van der Waals surface area contributed by atoms with Gasteiger partial charge in [-0.15, -0.1) is 0 Å². The van der Waals surface area contributed by atoms with Crippen molar-refractivity contribution in [3.63, 3.8) is 0 Å². The van der Waals surface area contributed by atoms with Crippen molar-refractivity contribution in [2.75, 3.05) is 6.54 Å². The van der Waals surface area contributed by atoms with E-state index in [0.717, 1.165) is 41.1 Å². The highest BCUT2D eigenvalue weighted by Gasteiger charge is 2.41. The van der Waals surface area contributed by atoms with Gasteiger partial charge >= 0.3 is 0 Å². The van der Waals surface area contributed by atoms with Gasteiger partial charge in [0.1, 0.15) is 10.9 Å². The van der Waals surface area contributed by atoms with Crippen molar-refractivity contribution in [3.8, 4) is 0 Å². The lowest BCUT2D eigenvalue weighted by molar-refractivity contribution is -0.141. The van der Waals surface area contributed by atoms with E-state index in [1.165, 1.54) is 17.0 Å². The summed E-state index contributed by atoms with van der Waals surface area (Å²) in [5.74, 6) is -1.26. The Bertz CT molecular complexity index is 1470. The summed E-state index contributed by atoms with van der Waals surface area (Å²) in [5.41, 5.74) is 1.86. The second-order valence-electron chi connectivity index (χ2n) is 10.3. The van der Waals surface area contributed by atoms with Gasteiger partial charge in [0.05, 0.1) is 5.56 Å². The smallest absolute Gasteiger partial charge is 0.269 e. The molecule has 1 fully saturated rings. The van der Waals surface area contributed by atoms with Crippen LogP contribution in [0.4, 0.5) is 0 Å². The van der Waals surface area contributed by atoms with Gasteiger partial charge in [0, 0.05) is 32.0 Å². The summed E-state index contributed by atoms with van der Waals surface area (Å²) in [7, 11) is -4.04. The summed E-state index contributed by atoms with van der Waals surface area (Å²) >= 11 is 0. The predicted octanol–water partition coefficient (Wildman–Crippen LogP) is 3.92. The standard InChI is InChI=1S/C31H33N3O5S/c35-29(19-20-34-31(37)26-17-9-10-18-28(26)40(34,38)39)33(22-24-13-5-2-6-14-24)27(21-23-11-3-1-4-12-23)30(36)32-25-15-7-8-16-25/h1-6,9-14,17-18,25,27H,7-8,15-16,19-22H2,(H,32,36)/t27-/m1/s1. The zero-order valence-corrected chi connectivity index (χ0v) is 23.1. The number of sulfonamides is 1. The highest BCUT2D eigenvalue weighted by Crippen LogP contribution is 2.30. The van der Waals surface area contributed by atoms with E-state index in [1.54, 1.807) is 12.1 Å². The van der Waals surface area contributed by atoms with Gasteiger partial charge in [0.25, 0.3) is 15.9 Å². The molecule has 3 aromatic carbocycles. The Morgan fingerprint density at radius 3 is 2.12 bits per heavy atom. The number of fused-ring (bicyclic) bond motifs is 1. The van der Waals surface area contributed by atoms with Crippen molar-refractivity contribution in [1.29, 1.82) is 0 Å². The maximum atomic E-state index is 13.9. The first kappa shape index (κ1) is 27.6. The van der Waals surface area contributed by atoms with Gasteiger partial charge in [-0.25, -0.2) is 12.7 Å². The Kier molecular flexibility index (Phi) is 8.30. The van der Waals surface area contributed by atoms with Gasteiger partial charge in [-0.1, -0.05) is 85.6 Å². The van der Waals surface area contributed by atoms with Crippen LogP contribution in [0.25, 0.3) is 0 Å². The zero-order valence-electron chi connectivity index (χ0n) is 22.2. The Morgan fingerprint density at radius 2 is 1.48 bits per heavy atom. The molecule has 9 heteroatoms. The summed E-state index contributed by atoms with van der Waals surface area (Å²) in [6.45, 7) is -0.127. The van der Waals surface area contributed by atoms with Crippen molar-refractivity contribution in [2.24, 2.45) is 0 Å². The molecule has 5 rings (SSSR count). The third-order valence-corrected chi connectivity index (χ3v) is 9.45. The van der Waals surface area contributed by atoms with E-state index in [1.807, 2.05) is 60.7 Å². The van der Waals surface area contributed by atoms with Gasteiger partial charge in [-0.05, 0) is 36.1 Å². The minimum atomic E-state index is -4.04. The fourth-order valence-electron chi connectivity index (χ4n) is 5.49. The maximum absolute atomic E-state index is 13.9. The lowest BCUT2D eigenvalue weighted by Gasteiger charge is -2.33. The number of rotatable bonds is 10. The van der Waals surface area contributed by atoms with E-state index in [-0.39, 0.29) is 41.9 Å². The van der Waals surface area contributed by atoms with Crippen LogP contribution in [-0.4, -0.2) is 54.0 Å². The van der Waals surface area contributed by atoms with Gasteiger partial charge in [-0.3, -0.25) is 14.4 Å². The number of hydrogen-bond acceptors (Lipinski definition) is 5. The molecule has 0 saturated heterocycles. The number of carbonyl (C=O) groups excluding carboxylic acids is 3. The summed E-state index contributed by atoms with van der Waals surface area (Å²) in [4.78, 5) is 42.0. The zero-order chi connectivity index (χ0) is 28.1. The van der Waals surface area contributed by atoms with Crippen LogP contribution in [0, 0.1) is 0 Å². The van der Waals surface area contributed by atoms with E-state index < -0.39 is 27.9 Å². The molecule has 0 spiro atoms. The Hall–Kier alpha value is -3.98. The first-order valence-corrected chi connectivity index (χ1v) is 15.1. The fourth-order valence-corrected chi connectivity index (χ4v) is 7.06. The molecule has 8 nitrogen and oxygen atoms in total. The van der Waals surface area contributed by atoms with Gasteiger partial charge in [0.2, 0.25) is 11.8 Å². The monoisotopic (exact) mass is 559 g/mol. The molecule has 0 aromatic heterocycles. The van der Waals surface area contributed by atoms with Crippen LogP contribution < -0.4 is 5.32 Å². The molecule has 1 aliphatic heterocycles. The van der Waals surface area contributed by atoms with Crippen molar-refractivity contribution in [1.82, 2.24) is 14.5 Å². The summed E-state index contributed by atoms with van der Waals surface area (Å²) in [6, 6.07) is 24.3. The van der Waals surface area contributed by atoms with Crippen LogP contribution in [0.5, 0.6) is 0 Å². The first-order valence-electron chi connectivity index (χ1n) is 13.7. The van der Waals surface area contributed by atoms with Crippen molar-refractivity contribution < 1.29 is 22.8 Å². The SMILES string of the molecule is O=C(NC1CCCC1)[C@@H](Cc1ccccc1)N(Cc1ccccc1)C(=O)CCN1C(=O)c2ccccc2S1(=O)=O. The summed E-state index contributed by atoms with van der Waals surface area (Å²) in [5, 5.41) is 3.16. The fraction of sp³-hybridized carbons (Fsp3) is 0.323. The Labute approximate surface area is 235 Å². The highest BCUT2D eigenvalue weighted by molar-refractivity contribution is 7.90. The lowest BCUT2D eigenvalue weighted by Crippen LogP contribution is -2.52. The molecule has 3 amide bonds. The molecular weight excluding hydrogens is 526 g/mol. The normalized spacial score (nSPS) is 16.9. The molecule has 1 atom stereocenters. The molecule has 1 aliphatic carbocycles. The van der Waals surface area contributed by atoms with E-state index >= 15 is 0 Å². The maximum Gasteiger partial charge on any atom is 0.269 e. The summed E-state index contributed by atoms with van der Waals surface area (Å²) < 4.78 is 26.9. The van der Waals surface area contributed by atoms with Crippen molar-refractivity contribution in [3.05, 3.63) is 102 Å². The second-order valence-corrected chi connectivity index (χ2v) is 12.2. The van der Waals surface area contributed by atoms with Gasteiger partial charge in [0.15, 0.2) is 0 Å². The average molecular weight is 560 g/mol. The molecule has 3 aromatic rings. The highest BCUT2D eigenvalue weighted by atomic mass is 32.2. The minimum absolute atomic E-state index is 0.0495. The molecule has 2 aliphatic rings. The largest absolute Gasteiger partial charge is 0.352 e. The quantitative estimate of drug-likeness (QED) is 0.406. The third kappa shape index (κ3) is 5.94. The minimum Gasteiger partial charge on any atom is -0.352 e. The Balaban J connectivity index is 1.41. The average Bonchev–Trinajstić information content (AvgIpc) is 3.54. The van der Waals surface area contributed by atoms with E-state index in [9.17, 15) is 22.8 Å². The third-order valence-electron chi connectivity index (χ3n) is 7.61. The van der Waals surface area contributed by atoms with Crippen molar-refractivity contribution >= 4 is 27.7 Å². The predicted molar refractivity (Wildman–Crippen MR) is 151 cm³/mol. The van der Waals surface area contributed by atoms with Crippen LogP contribution >= 0.6 is 0 Å². The van der Waals surface area contributed by atoms with Crippen LogP contribution in [0.3, 0.4) is 0 Å². The second kappa shape index (κ2) is 12.0. The van der Waals surface area contributed by atoms with Crippen molar-refractivity contribution in [2.45, 2.75) is 62.0 Å². The molecule has 1 heterocycles. The number of nitrogens with one attached hydrogen (secondary N) is 1. The number of benzene rings is 3. The van der Waals surface area contributed by atoms with Crippen LogP contribution in [0.1, 0.15) is 53.6 Å². The van der Waals surface area contributed by atoms with Crippen LogP contribution in [0.2, 0.25) is 0 Å². The number of hydrogen-bond donors (Lipinski definition) is 1. The Morgan fingerprint density at radius 1 is 0.875 bits per heavy atom. The lowest BCUT2D eigenvalue weighted by atomic mass is 10.0. The van der Waals surface area contributed by atoms with Gasteiger partial charge in [-0.2, -0.15) is 0 Å². The molecule has 1 N–H and O–H groups in total. The van der Waals surface area contributed by atoms with E-state index in [2.05, 4.69) is 5.32 Å². The van der Waals surface area contributed by atoms with E-state index in [0.29, 0.717) is 6.42 Å². The van der Waals surface area contributed by atoms with Crippen LogP contribution in [-0.2, 0) is 32.6 Å². The van der Waals surface area contributed by atoms with E-state index in [4.69, 9.17) is 0 Å². The molecular formula is C31H33N3O5S. The van der Waals surface area contributed by atoms with Crippen LogP contribution in [0.15, 0.2) is 89.8 Å². The molecule has 1 saturated carbocycles. The molecule has 0 unspecified atom stereocenters. The first-order chi connectivity index (χ1) is 19.3. The topological polar surface area (TPSA) is 104 Å². The summed E-state index contributed by atoms with van der Waals surface area (Å²) in [6.07, 6.45) is 4.00. The molecule has 40 heavy (non-hydrogen) atoms.